The third kappa shape index (κ3) is 9.56. The monoisotopic (exact) mass is 245 g/mol. The van der Waals surface area contributed by atoms with Crippen LogP contribution in [0, 0.1) is 0 Å². The zero-order valence-electron chi connectivity index (χ0n) is 7.82. The molecule has 0 aliphatic heterocycles. The van der Waals surface area contributed by atoms with E-state index in [-0.39, 0.29) is 19.3 Å². The summed E-state index contributed by atoms with van der Waals surface area (Å²) in [7, 11) is 0.650. The Bertz CT molecular complexity index is 276. The zero-order chi connectivity index (χ0) is 11.2. The first kappa shape index (κ1) is 13.5. The van der Waals surface area contributed by atoms with Crippen LogP contribution in [0.1, 0.15) is 13.8 Å². The van der Waals surface area contributed by atoms with Crippen molar-refractivity contribution in [2.24, 2.45) is 0 Å². The summed E-state index contributed by atoms with van der Waals surface area (Å²) in [4.78, 5) is 10.7. The highest BCUT2D eigenvalue weighted by Gasteiger charge is 2.10. The minimum Gasteiger partial charge on any atom is -0.446 e. The third-order valence-corrected chi connectivity index (χ3v) is 1.61. The van der Waals surface area contributed by atoms with Crippen LogP contribution in [0.25, 0.3) is 0 Å². The summed E-state index contributed by atoms with van der Waals surface area (Å²) in [6, 6.07) is 0. The van der Waals surface area contributed by atoms with Crippen molar-refractivity contribution >= 4 is 26.0 Å². The molecule has 0 saturated carbocycles. The van der Waals surface area contributed by atoms with E-state index in [9.17, 15) is 13.2 Å². The molecule has 0 saturated heterocycles. The third-order valence-electron chi connectivity index (χ3n) is 0.973. The molecule has 0 rings (SSSR count). The molecule has 84 valence electrons. The van der Waals surface area contributed by atoms with Crippen LogP contribution in [0.3, 0.4) is 0 Å². The van der Waals surface area contributed by atoms with E-state index in [1.54, 1.807) is 0 Å². The lowest BCUT2D eigenvalue weighted by molar-refractivity contribution is 0.0408. The number of amides is 1. The molecule has 0 spiro atoms. The molecule has 1 N–H and O–H groups in total. The van der Waals surface area contributed by atoms with Gasteiger partial charge in [0.15, 0.2) is 0 Å². The summed E-state index contributed by atoms with van der Waals surface area (Å²) >= 11 is 0. The fourth-order valence-electron chi connectivity index (χ4n) is 0.547. The molecule has 0 aliphatic carbocycles. The van der Waals surface area contributed by atoms with Crippen LogP contribution in [-0.2, 0) is 18.7 Å². The predicted octanol–water partition coefficient (Wildman–Crippen LogP) is 0.621. The highest BCUT2D eigenvalue weighted by molar-refractivity contribution is 8.12. The average molecular weight is 246 g/mol. The van der Waals surface area contributed by atoms with E-state index in [1.807, 2.05) is 13.8 Å². The number of carbonyl (C=O) groups is 1. The Hall–Kier alpha value is -0.530. The van der Waals surface area contributed by atoms with Crippen LogP contribution in [0.5, 0.6) is 0 Å². The van der Waals surface area contributed by atoms with Crippen molar-refractivity contribution in [3.05, 3.63) is 0 Å². The van der Waals surface area contributed by atoms with Crippen LogP contribution in [-0.4, -0.2) is 33.8 Å². The Morgan fingerprint density at radius 1 is 1.43 bits per heavy atom. The topological polar surface area (TPSA) is 81.7 Å². The molecular weight excluding hydrogens is 234 g/mol. The van der Waals surface area contributed by atoms with Gasteiger partial charge in [-0.3, -0.25) is 0 Å². The van der Waals surface area contributed by atoms with Gasteiger partial charge in [0.2, 0.25) is 0 Å². The van der Waals surface area contributed by atoms with Gasteiger partial charge in [0.1, 0.15) is 6.61 Å². The summed E-state index contributed by atoms with van der Waals surface area (Å²) < 4.78 is 31.5. The molecule has 1 amide bonds. The Balaban J connectivity index is 3.56. The number of hydrogen-bond acceptors (Lipinski definition) is 5. The molecule has 0 unspecified atom stereocenters. The zero-order valence-corrected chi connectivity index (χ0v) is 9.39. The van der Waals surface area contributed by atoms with Gasteiger partial charge < -0.3 is 9.47 Å². The van der Waals surface area contributed by atoms with Gasteiger partial charge >= 0.3 is 15.3 Å². The van der Waals surface area contributed by atoms with Gasteiger partial charge in [-0.15, -0.1) is 0 Å². The number of ether oxygens (including phenoxy) is 2. The maximum absolute atomic E-state index is 10.7. The highest BCUT2D eigenvalue weighted by atomic mass is 35.7. The number of nitrogens with one attached hydrogen (secondary N) is 1. The fourth-order valence-corrected chi connectivity index (χ4v) is 0.994. The second-order valence-electron chi connectivity index (χ2n) is 2.60. The molecule has 8 heteroatoms. The molecule has 0 aromatic rings. The number of carbonyl (C=O) groups excluding carboxylic acids is 1. The first-order valence-electron chi connectivity index (χ1n) is 3.82. The van der Waals surface area contributed by atoms with Crippen LogP contribution in [0.2, 0.25) is 0 Å². The Morgan fingerprint density at radius 2 is 2.00 bits per heavy atom. The largest absolute Gasteiger partial charge is 0.446 e. The van der Waals surface area contributed by atoms with Crippen molar-refractivity contribution in [2.45, 2.75) is 20.0 Å². The lowest BCUT2D eigenvalue weighted by Crippen LogP contribution is -2.28. The smallest absolute Gasteiger partial charge is 0.421 e. The Morgan fingerprint density at radius 3 is 2.43 bits per heavy atom. The summed E-state index contributed by atoms with van der Waals surface area (Å²) in [5, 5.41) is 0. The lowest BCUT2D eigenvalue weighted by Gasteiger charge is -2.07. The fraction of sp³-hybridized carbons (Fsp3) is 0.833. The normalized spacial score (nSPS) is 11.4. The molecule has 0 heterocycles. The molecular formula is C6H12ClNO5S. The minimum atomic E-state index is -4.07. The second-order valence-corrected chi connectivity index (χ2v) is 4.89. The number of halogens is 1. The highest BCUT2D eigenvalue weighted by Crippen LogP contribution is 1.92. The van der Waals surface area contributed by atoms with Crippen molar-refractivity contribution in [2.75, 3.05) is 13.2 Å². The molecule has 14 heavy (non-hydrogen) atoms. The predicted molar refractivity (Wildman–Crippen MR) is 50.3 cm³/mol. The molecule has 0 aliphatic rings. The molecule has 0 bridgehead atoms. The van der Waals surface area contributed by atoms with Gasteiger partial charge in [0, 0.05) is 10.7 Å². The maximum atomic E-state index is 10.7. The molecule has 0 fully saturated rings. The molecule has 6 nitrogen and oxygen atoms in total. The number of hydrogen-bond donors (Lipinski definition) is 1. The summed E-state index contributed by atoms with van der Waals surface area (Å²) in [5.74, 6) is 0. The van der Waals surface area contributed by atoms with Gasteiger partial charge in [-0.05, 0) is 13.8 Å². The van der Waals surface area contributed by atoms with E-state index in [0.29, 0.717) is 0 Å². The summed E-state index contributed by atoms with van der Waals surface area (Å²) in [6.45, 7) is 3.82. The molecule has 0 atom stereocenters. The van der Waals surface area contributed by atoms with Crippen molar-refractivity contribution in [1.82, 2.24) is 4.72 Å². The molecule has 0 aromatic heterocycles. The van der Waals surface area contributed by atoms with Crippen molar-refractivity contribution < 1.29 is 22.7 Å². The van der Waals surface area contributed by atoms with Crippen LogP contribution < -0.4 is 4.72 Å². The summed E-state index contributed by atoms with van der Waals surface area (Å²) in [5.41, 5.74) is 0. The summed E-state index contributed by atoms with van der Waals surface area (Å²) in [6.07, 6.45) is -1.09. The minimum absolute atomic E-state index is 0.0263. The second kappa shape index (κ2) is 6.05. The Kier molecular flexibility index (Phi) is 5.82. The maximum Gasteiger partial charge on any atom is 0.421 e. The van der Waals surface area contributed by atoms with Crippen molar-refractivity contribution in [3.63, 3.8) is 0 Å². The van der Waals surface area contributed by atoms with E-state index in [2.05, 4.69) is 4.74 Å². The lowest BCUT2D eigenvalue weighted by atomic mass is 10.5. The standard InChI is InChI=1S/C6H12ClNO5S/c1-5(2)12-3-4-13-6(9)8-14(7,10)11/h5H,3-4H2,1-2H3,(H,8,9). The van der Waals surface area contributed by atoms with E-state index < -0.39 is 15.3 Å². The average Bonchev–Trinajstić information content (AvgIpc) is 1.94. The SMILES string of the molecule is CC(C)OCCOC(=O)NS(=O)(=O)Cl. The quantitative estimate of drug-likeness (QED) is 0.567. The number of rotatable bonds is 5. The van der Waals surface area contributed by atoms with Crippen LogP contribution >= 0.6 is 10.7 Å². The van der Waals surface area contributed by atoms with Crippen LogP contribution in [0.15, 0.2) is 0 Å². The molecule has 0 radical (unpaired) electrons. The van der Waals surface area contributed by atoms with Gasteiger partial charge in [-0.1, -0.05) is 0 Å². The van der Waals surface area contributed by atoms with E-state index >= 15 is 0 Å². The van der Waals surface area contributed by atoms with Gasteiger partial charge in [0.25, 0.3) is 0 Å². The molecule has 0 aromatic carbocycles. The first-order valence-corrected chi connectivity index (χ1v) is 6.13. The van der Waals surface area contributed by atoms with E-state index in [1.165, 1.54) is 4.72 Å². The van der Waals surface area contributed by atoms with E-state index in [0.717, 1.165) is 0 Å². The van der Waals surface area contributed by atoms with Gasteiger partial charge in [-0.25, -0.2) is 9.52 Å². The van der Waals surface area contributed by atoms with Gasteiger partial charge in [0.05, 0.1) is 12.7 Å². The van der Waals surface area contributed by atoms with Gasteiger partial charge in [-0.2, -0.15) is 8.42 Å². The van der Waals surface area contributed by atoms with Crippen molar-refractivity contribution in [1.29, 1.82) is 0 Å². The first-order chi connectivity index (χ1) is 6.31. The van der Waals surface area contributed by atoms with E-state index in [4.69, 9.17) is 15.4 Å². The Labute approximate surface area is 87.1 Å². The van der Waals surface area contributed by atoms with Crippen molar-refractivity contribution in [3.8, 4) is 0 Å². The van der Waals surface area contributed by atoms with Crippen LogP contribution in [0.4, 0.5) is 4.79 Å².